The van der Waals surface area contributed by atoms with E-state index in [-0.39, 0.29) is 11.5 Å². The summed E-state index contributed by atoms with van der Waals surface area (Å²) in [7, 11) is 0. The Bertz CT molecular complexity index is 585. The zero-order valence-electron chi connectivity index (χ0n) is 12.7. The van der Waals surface area contributed by atoms with Crippen molar-refractivity contribution in [2.45, 2.75) is 46.1 Å². The molecule has 0 radical (unpaired) electrons. The summed E-state index contributed by atoms with van der Waals surface area (Å²) in [6.45, 7) is 10.3. The predicted octanol–water partition coefficient (Wildman–Crippen LogP) is 3.90. The highest BCUT2D eigenvalue weighted by molar-refractivity contribution is 7.07. The van der Waals surface area contributed by atoms with Crippen molar-refractivity contribution in [2.24, 2.45) is 0 Å². The highest BCUT2D eigenvalue weighted by Crippen LogP contribution is 2.27. The molecule has 0 saturated carbocycles. The van der Waals surface area contributed by atoms with Crippen LogP contribution >= 0.6 is 11.3 Å². The Labute approximate surface area is 124 Å². The van der Waals surface area contributed by atoms with Crippen LogP contribution in [0.3, 0.4) is 0 Å². The molecule has 108 valence electrons. The van der Waals surface area contributed by atoms with Crippen LogP contribution in [0.15, 0.2) is 16.8 Å². The Morgan fingerprint density at radius 3 is 2.55 bits per heavy atom. The normalized spacial score (nSPS) is 13.2. The van der Waals surface area contributed by atoms with Gasteiger partial charge in [0.15, 0.2) is 0 Å². The molecule has 2 heterocycles. The quantitative estimate of drug-likeness (QED) is 0.900. The number of rotatable bonds is 3. The van der Waals surface area contributed by atoms with Crippen LogP contribution in [-0.2, 0) is 5.41 Å². The van der Waals surface area contributed by atoms with E-state index in [1.54, 1.807) is 11.3 Å². The zero-order chi connectivity index (χ0) is 14.9. The molecule has 0 aromatic carbocycles. The van der Waals surface area contributed by atoms with Crippen molar-refractivity contribution in [3.8, 4) is 0 Å². The molecule has 0 bridgehead atoms. The number of nitrogens with one attached hydrogen (secondary N) is 1. The summed E-state index contributed by atoms with van der Waals surface area (Å²) in [5.74, 6) is 2.13. The Kier molecular flexibility index (Phi) is 3.99. The molecule has 0 aliphatic carbocycles. The van der Waals surface area contributed by atoms with Crippen molar-refractivity contribution >= 4 is 23.0 Å². The third-order valence-corrected chi connectivity index (χ3v) is 3.95. The van der Waals surface area contributed by atoms with Gasteiger partial charge in [0, 0.05) is 11.0 Å². The molecule has 0 amide bonds. The number of nitrogens with two attached hydrogens (primary N) is 1. The van der Waals surface area contributed by atoms with E-state index in [9.17, 15) is 0 Å². The predicted molar refractivity (Wildman–Crippen MR) is 86.2 cm³/mol. The monoisotopic (exact) mass is 290 g/mol. The number of nitrogens with zero attached hydrogens (tertiary/aromatic N) is 2. The van der Waals surface area contributed by atoms with Gasteiger partial charge in [0.2, 0.25) is 0 Å². The number of nitrogen functional groups attached to an aromatic ring is 1. The van der Waals surface area contributed by atoms with Gasteiger partial charge < -0.3 is 11.1 Å². The standard InChI is InChI=1S/C15H22N4S/c1-9-12(16)18-14(15(3,4)5)19-13(9)17-10(2)11-6-7-20-8-11/h6-8,10H,1-5H3,(H3,16,17,18,19). The first kappa shape index (κ1) is 14.8. The maximum Gasteiger partial charge on any atom is 0.138 e. The van der Waals surface area contributed by atoms with Crippen molar-refractivity contribution in [1.82, 2.24) is 9.97 Å². The Morgan fingerprint density at radius 2 is 2.00 bits per heavy atom. The molecule has 0 aliphatic rings. The summed E-state index contributed by atoms with van der Waals surface area (Å²) in [5, 5.41) is 7.66. The Hall–Kier alpha value is -1.62. The summed E-state index contributed by atoms with van der Waals surface area (Å²) in [6.07, 6.45) is 0. The molecule has 1 unspecified atom stereocenters. The third-order valence-electron chi connectivity index (χ3n) is 3.25. The summed E-state index contributed by atoms with van der Waals surface area (Å²) in [6, 6.07) is 2.31. The van der Waals surface area contributed by atoms with Crippen LogP contribution in [0.5, 0.6) is 0 Å². The molecular formula is C15H22N4S. The maximum absolute atomic E-state index is 6.02. The van der Waals surface area contributed by atoms with Gasteiger partial charge in [0.05, 0.1) is 6.04 Å². The second kappa shape index (κ2) is 5.40. The molecule has 2 aromatic heterocycles. The second-order valence-electron chi connectivity index (χ2n) is 6.08. The molecule has 0 spiro atoms. The minimum absolute atomic E-state index is 0.121. The second-order valence-corrected chi connectivity index (χ2v) is 6.86. The molecule has 20 heavy (non-hydrogen) atoms. The highest BCUT2D eigenvalue weighted by atomic mass is 32.1. The first-order chi connectivity index (χ1) is 9.29. The number of aromatic nitrogens is 2. The molecule has 3 N–H and O–H groups in total. The molecular weight excluding hydrogens is 268 g/mol. The van der Waals surface area contributed by atoms with Gasteiger partial charge in [-0.15, -0.1) is 0 Å². The van der Waals surface area contributed by atoms with E-state index >= 15 is 0 Å². The summed E-state index contributed by atoms with van der Waals surface area (Å²) in [5.41, 5.74) is 8.06. The molecule has 4 nitrogen and oxygen atoms in total. The SMILES string of the molecule is Cc1c(N)nc(C(C)(C)C)nc1NC(C)c1ccsc1. The lowest BCUT2D eigenvalue weighted by Gasteiger charge is -2.21. The Balaban J connectivity index is 2.34. The first-order valence-electron chi connectivity index (χ1n) is 6.72. The lowest BCUT2D eigenvalue weighted by atomic mass is 9.95. The van der Waals surface area contributed by atoms with E-state index in [0.29, 0.717) is 5.82 Å². The van der Waals surface area contributed by atoms with Crippen LogP contribution in [0.4, 0.5) is 11.6 Å². The summed E-state index contributed by atoms with van der Waals surface area (Å²) < 4.78 is 0. The van der Waals surface area contributed by atoms with Gasteiger partial charge in [-0.1, -0.05) is 20.8 Å². The fourth-order valence-electron chi connectivity index (χ4n) is 1.82. The highest BCUT2D eigenvalue weighted by Gasteiger charge is 2.21. The first-order valence-corrected chi connectivity index (χ1v) is 7.66. The Morgan fingerprint density at radius 1 is 1.30 bits per heavy atom. The molecule has 1 atom stereocenters. The minimum Gasteiger partial charge on any atom is -0.383 e. The number of thiophene rings is 1. The minimum atomic E-state index is -0.121. The average molecular weight is 290 g/mol. The van der Waals surface area contributed by atoms with Crippen LogP contribution < -0.4 is 11.1 Å². The van der Waals surface area contributed by atoms with Gasteiger partial charge in [-0.2, -0.15) is 11.3 Å². The van der Waals surface area contributed by atoms with Crippen LogP contribution in [0, 0.1) is 6.92 Å². The van der Waals surface area contributed by atoms with Crippen LogP contribution in [0.25, 0.3) is 0 Å². The number of hydrogen-bond acceptors (Lipinski definition) is 5. The molecule has 2 rings (SSSR count). The van der Waals surface area contributed by atoms with Gasteiger partial charge in [-0.25, -0.2) is 9.97 Å². The number of anilines is 2. The molecule has 0 aliphatic heterocycles. The van der Waals surface area contributed by atoms with Gasteiger partial charge >= 0.3 is 0 Å². The van der Waals surface area contributed by atoms with E-state index in [4.69, 9.17) is 5.73 Å². The summed E-state index contributed by atoms with van der Waals surface area (Å²) >= 11 is 1.70. The van der Waals surface area contributed by atoms with Gasteiger partial charge in [0.25, 0.3) is 0 Å². The van der Waals surface area contributed by atoms with Crippen molar-refractivity contribution in [2.75, 3.05) is 11.1 Å². The fourth-order valence-corrected chi connectivity index (χ4v) is 2.57. The van der Waals surface area contributed by atoms with E-state index < -0.39 is 0 Å². The van der Waals surface area contributed by atoms with Gasteiger partial charge in [-0.05, 0) is 36.2 Å². The van der Waals surface area contributed by atoms with Gasteiger partial charge in [-0.3, -0.25) is 0 Å². The van der Waals surface area contributed by atoms with Crippen LogP contribution in [-0.4, -0.2) is 9.97 Å². The van der Waals surface area contributed by atoms with Crippen molar-refractivity contribution in [3.63, 3.8) is 0 Å². The van der Waals surface area contributed by atoms with Crippen molar-refractivity contribution in [1.29, 1.82) is 0 Å². The third kappa shape index (κ3) is 3.10. The van der Waals surface area contributed by atoms with Crippen LogP contribution in [0.1, 0.15) is 50.7 Å². The van der Waals surface area contributed by atoms with Crippen molar-refractivity contribution in [3.05, 3.63) is 33.8 Å². The molecule has 0 fully saturated rings. The lowest BCUT2D eigenvalue weighted by molar-refractivity contribution is 0.546. The topological polar surface area (TPSA) is 63.8 Å². The van der Waals surface area contributed by atoms with E-state index in [2.05, 4.69) is 59.8 Å². The lowest BCUT2D eigenvalue weighted by Crippen LogP contribution is -2.20. The largest absolute Gasteiger partial charge is 0.383 e. The van der Waals surface area contributed by atoms with E-state index in [0.717, 1.165) is 17.2 Å². The van der Waals surface area contributed by atoms with Gasteiger partial charge in [0.1, 0.15) is 17.5 Å². The smallest absolute Gasteiger partial charge is 0.138 e. The van der Waals surface area contributed by atoms with E-state index in [1.807, 2.05) is 6.92 Å². The zero-order valence-corrected chi connectivity index (χ0v) is 13.5. The number of hydrogen-bond donors (Lipinski definition) is 2. The molecule has 0 saturated heterocycles. The fraction of sp³-hybridized carbons (Fsp3) is 0.467. The van der Waals surface area contributed by atoms with Crippen LogP contribution in [0.2, 0.25) is 0 Å². The van der Waals surface area contributed by atoms with E-state index in [1.165, 1.54) is 5.56 Å². The summed E-state index contributed by atoms with van der Waals surface area (Å²) in [4.78, 5) is 9.06. The molecule has 2 aromatic rings. The average Bonchev–Trinajstić information content (AvgIpc) is 2.87. The van der Waals surface area contributed by atoms with Crippen molar-refractivity contribution < 1.29 is 0 Å². The molecule has 5 heteroatoms. The maximum atomic E-state index is 6.02.